The first-order valence-electron chi connectivity index (χ1n) is 7.64. The molecule has 2 aromatic rings. The molecule has 1 aromatic heterocycles. The van der Waals surface area contributed by atoms with Gasteiger partial charge in [0.1, 0.15) is 6.04 Å². The number of morpholine rings is 1. The SMILES string of the molecule is Cc1noc([C@@H]2[C@@H](C)OCCN2CCc2ccc(F)c(F)c2)n1. The number of rotatable bonds is 4. The van der Waals surface area contributed by atoms with E-state index in [2.05, 4.69) is 15.0 Å². The Morgan fingerprint density at radius 2 is 2.13 bits per heavy atom. The Kier molecular flexibility index (Phi) is 4.68. The van der Waals surface area contributed by atoms with E-state index >= 15 is 0 Å². The Labute approximate surface area is 133 Å². The van der Waals surface area contributed by atoms with Gasteiger partial charge in [-0.2, -0.15) is 4.98 Å². The number of benzene rings is 1. The van der Waals surface area contributed by atoms with Crippen LogP contribution in [0.1, 0.15) is 30.2 Å². The van der Waals surface area contributed by atoms with Crippen LogP contribution in [0.25, 0.3) is 0 Å². The molecule has 0 unspecified atom stereocenters. The molecule has 0 aliphatic carbocycles. The second-order valence-corrected chi connectivity index (χ2v) is 5.74. The van der Waals surface area contributed by atoms with E-state index in [9.17, 15) is 8.78 Å². The minimum absolute atomic E-state index is 0.0754. The summed E-state index contributed by atoms with van der Waals surface area (Å²) in [6.07, 6.45) is 0.529. The van der Waals surface area contributed by atoms with E-state index in [1.54, 1.807) is 13.0 Å². The molecule has 124 valence electrons. The van der Waals surface area contributed by atoms with Crippen LogP contribution in [0, 0.1) is 18.6 Å². The van der Waals surface area contributed by atoms with Crippen LogP contribution in [-0.2, 0) is 11.2 Å². The molecule has 0 saturated carbocycles. The van der Waals surface area contributed by atoms with E-state index in [-0.39, 0.29) is 12.1 Å². The molecule has 1 aliphatic heterocycles. The average molecular weight is 323 g/mol. The molecule has 0 N–H and O–H groups in total. The molecule has 2 heterocycles. The van der Waals surface area contributed by atoms with Crippen molar-refractivity contribution in [2.75, 3.05) is 19.7 Å². The van der Waals surface area contributed by atoms with Crippen LogP contribution in [0.5, 0.6) is 0 Å². The predicted molar refractivity (Wildman–Crippen MR) is 78.8 cm³/mol. The third-order valence-electron chi connectivity index (χ3n) is 4.07. The number of aryl methyl sites for hydroxylation is 1. The second-order valence-electron chi connectivity index (χ2n) is 5.74. The number of ether oxygens (including phenoxy) is 1. The Bertz CT molecular complexity index is 677. The van der Waals surface area contributed by atoms with Crippen LogP contribution >= 0.6 is 0 Å². The second kappa shape index (κ2) is 6.72. The zero-order valence-electron chi connectivity index (χ0n) is 13.1. The number of halogens is 2. The topological polar surface area (TPSA) is 51.4 Å². The van der Waals surface area contributed by atoms with E-state index in [1.165, 1.54) is 6.07 Å². The van der Waals surface area contributed by atoms with Crippen molar-refractivity contribution in [2.45, 2.75) is 32.4 Å². The number of hydrogen-bond acceptors (Lipinski definition) is 5. The fourth-order valence-electron chi connectivity index (χ4n) is 2.89. The molecule has 3 rings (SSSR count). The monoisotopic (exact) mass is 323 g/mol. The molecule has 0 amide bonds. The van der Waals surface area contributed by atoms with E-state index in [0.29, 0.717) is 31.3 Å². The van der Waals surface area contributed by atoms with Crippen molar-refractivity contribution < 1.29 is 18.0 Å². The minimum atomic E-state index is -0.826. The summed E-state index contributed by atoms with van der Waals surface area (Å²) in [6.45, 7) is 5.74. The van der Waals surface area contributed by atoms with Gasteiger partial charge in [-0.05, 0) is 38.0 Å². The summed E-state index contributed by atoms with van der Waals surface area (Å²) in [5.74, 6) is -0.534. The summed E-state index contributed by atoms with van der Waals surface area (Å²) in [5, 5.41) is 3.84. The lowest BCUT2D eigenvalue weighted by molar-refractivity contribution is -0.0723. The van der Waals surface area contributed by atoms with Gasteiger partial charge in [0.2, 0.25) is 5.89 Å². The maximum atomic E-state index is 13.3. The van der Waals surface area contributed by atoms with Gasteiger partial charge in [0.05, 0.1) is 12.7 Å². The molecular formula is C16H19F2N3O2. The molecule has 1 saturated heterocycles. The van der Waals surface area contributed by atoms with Crippen molar-refractivity contribution in [1.82, 2.24) is 15.0 Å². The largest absolute Gasteiger partial charge is 0.375 e. The molecule has 1 fully saturated rings. The number of aromatic nitrogens is 2. The zero-order chi connectivity index (χ0) is 16.4. The number of nitrogens with zero attached hydrogens (tertiary/aromatic N) is 3. The van der Waals surface area contributed by atoms with Crippen LogP contribution in [-0.4, -0.2) is 40.8 Å². The van der Waals surface area contributed by atoms with Gasteiger partial charge in [-0.25, -0.2) is 8.78 Å². The maximum Gasteiger partial charge on any atom is 0.246 e. The molecule has 1 aromatic carbocycles. The fraction of sp³-hybridized carbons (Fsp3) is 0.500. The van der Waals surface area contributed by atoms with E-state index in [0.717, 1.165) is 18.2 Å². The normalized spacial score (nSPS) is 22.4. The maximum absolute atomic E-state index is 13.3. The molecule has 23 heavy (non-hydrogen) atoms. The molecule has 0 radical (unpaired) electrons. The third kappa shape index (κ3) is 3.56. The van der Waals surface area contributed by atoms with Gasteiger partial charge in [-0.1, -0.05) is 11.2 Å². The summed E-state index contributed by atoms with van der Waals surface area (Å²) in [7, 11) is 0. The standard InChI is InChI=1S/C16H19F2N3O2/c1-10-15(16-19-11(2)20-23-16)21(7-8-22-10)6-5-12-3-4-13(17)14(18)9-12/h3-4,9-10,15H,5-8H2,1-2H3/t10-,15+/m1/s1. The first-order valence-corrected chi connectivity index (χ1v) is 7.64. The van der Waals surface area contributed by atoms with E-state index < -0.39 is 11.6 Å². The van der Waals surface area contributed by atoms with Crippen molar-refractivity contribution in [1.29, 1.82) is 0 Å². The molecular weight excluding hydrogens is 304 g/mol. The van der Waals surface area contributed by atoms with Crippen molar-refractivity contribution in [3.05, 3.63) is 47.1 Å². The van der Waals surface area contributed by atoms with Crippen LogP contribution in [0.3, 0.4) is 0 Å². The van der Waals surface area contributed by atoms with Crippen molar-refractivity contribution in [3.8, 4) is 0 Å². The Morgan fingerprint density at radius 3 is 2.83 bits per heavy atom. The lowest BCUT2D eigenvalue weighted by Gasteiger charge is -2.37. The van der Waals surface area contributed by atoms with Crippen molar-refractivity contribution in [3.63, 3.8) is 0 Å². The first kappa shape index (κ1) is 16.0. The quantitative estimate of drug-likeness (QED) is 0.866. The molecule has 5 nitrogen and oxygen atoms in total. The van der Waals surface area contributed by atoms with Gasteiger partial charge in [-0.15, -0.1) is 0 Å². The van der Waals surface area contributed by atoms with Gasteiger partial charge in [0.25, 0.3) is 0 Å². The molecule has 0 spiro atoms. The van der Waals surface area contributed by atoms with Gasteiger partial charge < -0.3 is 9.26 Å². The van der Waals surface area contributed by atoms with Crippen LogP contribution in [0.4, 0.5) is 8.78 Å². The predicted octanol–water partition coefficient (Wildman–Crippen LogP) is 2.66. The van der Waals surface area contributed by atoms with E-state index in [1.807, 2.05) is 6.92 Å². The Morgan fingerprint density at radius 1 is 1.30 bits per heavy atom. The lowest BCUT2D eigenvalue weighted by Crippen LogP contribution is -2.45. The van der Waals surface area contributed by atoms with Crippen LogP contribution in [0.2, 0.25) is 0 Å². The smallest absolute Gasteiger partial charge is 0.246 e. The minimum Gasteiger partial charge on any atom is -0.375 e. The average Bonchev–Trinajstić information content (AvgIpc) is 2.94. The highest BCUT2D eigenvalue weighted by Crippen LogP contribution is 2.28. The summed E-state index contributed by atoms with van der Waals surface area (Å²) in [6, 6.07) is 3.88. The summed E-state index contributed by atoms with van der Waals surface area (Å²) in [5.41, 5.74) is 0.753. The highest BCUT2D eigenvalue weighted by molar-refractivity contribution is 5.18. The fourth-order valence-corrected chi connectivity index (χ4v) is 2.89. The van der Waals surface area contributed by atoms with Crippen molar-refractivity contribution >= 4 is 0 Å². The molecule has 7 heteroatoms. The van der Waals surface area contributed by atoms with Gasteiger partial charge >= 0.3 is 0 Å². The zero-order valence-corrected chi connectivity index (χ0v) is 13.1. The first-order chi connectivity index (χ1) is 11.0. The number of hydrogen-bond donors (Lipinski definition) is 0. The lowest BCUT2D eigenvalue weighted by atomic mass is 10.1. The van der Waals surface area contributed by atoms with Gasteiger partial charge in [0, 0.05) is 13.1 Å². The Balaban J connectivity index is 1.72. The Hall–Kier alpha value is -1.86. The summed E-state index contributed by atoms with van der Waals surface area (Å²) >= 11 is 0. The summed E-state index contributed by atoms with van der Waals surface area (Å²) in [4.78, 5) is 6.49. The van der Waals surface area contributed by atoms with Crippen LogP contribution in [0.15, 0.2) is 22.7 Å². The molecule has 2 atom stereocenters. The van der Waals surface area contributed by atoms with Gasteiger partial charge in [-0.3, -0.25) is 4.90 Å². The third-order valence-corrected chi connectivity index (χ3v) is 4.07. The van der Waals surface area contributed by atoms with Crippen molar-refractivity contribution in [2.24, 2.45) is 0 Å². The highest BCUT2D eigenvalue weighted by atomic mass is 19.2. The van der Waals surface area contributed by atoms with Crippen LogP contribution < -0.4 is 0 Å². The highest BCUT2D eigenvalue weighted by Gasteiger charge is 2.34. The van der Waals surface area contributed by atoms with Gasteiger partial charge in [0.15, 0.2) is 17.5 Å². The van der Waals surface area contributed by atoms with E-state index in [4.69, 9.17) is 9.26 Å². The summed E-state index contributed by atoms with van der Waals surface area (Å²) < 4.78 is 37.3. The molecule has 0 bridgehead atoms. The molecule has 1 aliphatic rings.